The maximum atomic E-state index is 14.0. The Balaban J connectivity index is 3.42. The zero-order valence-electron chi connectivity index (χ0n) is 21.4. The van der Waals surface area contributed by atoms with Crippen molar-refractivity contribution in [2.24, 2.45) is 0 Å². The smallest absolute Gasteiger partial charge is 0.244 e. The topological polar surface area (TPSA) is 55.8 Å². The van der Waals surface area contributed by atoms with Gasteiger partial charge in [0, 0.05) is 12.1 Å². The summed E-state index contributed by atoms with van der Waals surface area (Å²) in [7, 11) is -3.77. The molecule has 0 aliphatic heterocycles. The molecule has 0 saturated carbocycles. The van der Waals surface area contributed by atoms with E-state index in [0.717, 1.165) is 6.42 Å². The minimum absolute atomic E-state index is 0.233. The minimum atomic E-state index is -3.77. The first kappa shape index (κ1) is 28.1. The Bertz CT molecular complexity index is 781. The minimum Gasteiger partial charge on any atom is -0.376 e. The van der Waals surface area contributed by atoms with Crippen LogP contribution in [-0.4, -0.2) is 48.2 Å². The van der Waals surface area contributed by atoms with Crippen LogP contribution in [0.2, 0.25) is 0 Å². The second-order valence-corrected chi connectivity index (χ2v) is 12.6. The van der Waals surface area contributed by atoms with Crippen LogP contribution in [0.3, 0.4) is 0 Å². The van der Waals surface area contributed by atoms with Gasteiger partial charge in [0.15, 0.2) is 0 Å². The molecule has 0 saturated heterocycles. The van der Waals surface area contributed by atoms with Crippen molar-refractivity contribution in [3.05, 3.63) is 30.3 Å². The van der Waals surface area contributed by atoms with Gasteiger partial charge in [-0.1, -0.05) is 32.0 Å². The first-order chi connectivity index (χ1) is 14.0. The van der Waals surface area contributed by atoms with Gasteiger partial charge in [-0.2, -0.15) is 4.31 Å². The van der Waals surface area contributed by atoms with Gasteiger partial charge in [-0.15, -0.1) is 0 Å². The molecule has 0 amide bonds. The Morgan fingerprint density at radius 2 is 1.39 bits per heavy atom. The van der Waals surface area contributed by atoms with E-state index in [4.69, 9.17) is 9.47 Å². The lowest BCUT2D eigenvalue weighted by Crippen LogP contribution is -2.61. The monoisotopic (exact) mass is 455 g/mol. The van der Waals surface area contributed by atoms with Crippen molar-refractivity contribution in [1.82, 2.24) is 4.31 Å². The Labute approximate surface area is 191 Å². The Hall–Kier alpha value is -0.950. The van der Waals surface area contributed by atoms with E-state index in [1.807, 2.05) is 54.5 Å². The standard InChI is InChI=1S/C25H45NO4S/c1-11-24(8,9)29-19-18-25(10,12-2)26(23(6,7)20-30-22(3,4)5)31(27,28)21-16-14-13-15-17-21/h13-17H,11-12,18-20H2,1-10H3. The van der Waals surface area contributed by atoms with Crippen molar-refractivity contribution in [2.45, 2.75) is 116 Å². The van der Waals surface area contributed by atoms with Gasteiger partial charge in [0.2, 0.25) is 10.0 Å². The highest BCUT2D eigenvalue weighted by Crippen LogP contribution is 2.38. The highest BCUT2D eigenvalue weighted by Gasteiger charge is 2.48. The maximum absolute atomic E-state index is 14.0. The number of rotatable bonds is 12. The van der Waals surface area contributed by atoms with Crippen LogP contribution >= 0.6 is 0 Å². The molecule has 0 spiro atoms. The van der Waals surface area contributed by atoms with Crippen LogP contribution in [-0.2, 0) is 19.5 Å². The average Bonchev–Trinajstić information content (AvgIpc) is 2.66. The molecule has 1 atom stereocenters. The van der Waals surface area contributed by atoms with E-state index < -0.39 is 21.1 Å². The van der Waals surface area contributed by atoms with Crippen molar-refractivity contribution in [3.63, 3.8) is 0 Å². The van der Waals surface area contributed by atoms with Gasteiger partial charge in [0.05, 0.1) is 28.2 Å². The van der Waals surface area contributed by atoms with Crippen LogP contribution in [0, 0.1) is 0 Å². The molecule has 1 rings (SSSR count). The summed E-state index contributed by atoms with van der Waals surface area (Å²) >= 11 is 0. The summed E-state index contributed by atoms with van der Waals surface area (Å²) in [5.74, 6) is 0. The molecule has 5 nitrogen and oxygen atoms in total. The van der Waals surface area contributed by atoms with Crippen molar-refractivity contribution in [2.75, 3.05) is 13.2 Å². The number of hydrogen-bond acceptors (Lipinski definition) is 4. The van der Waals surface area contributed by atoms with Crippen molar-refractivity contribution >= 4 is 10.0 Å². The Kier molecular flexibility index (Phi) is 9.35. The van der Waals surface area contributed by atoms with E-state index in [2.05, 4.69) is 20.8 Å². The SMILES string of the molecule is CCC(C)(C)OCCC(C)(CC)N(C(C)(C)COC(C)(C)C)S(=O)(=O)c1ccccc1. The van der Waals surface area contributed by atoms with Crippen LogP contribution in [0.5, 0.6) is 0 Å². The predicted octanol–water partition coefficient (Wildman–Crippen LogP) is 6.04. The molecule has 0 N–H and O–H groups in total. The van der Waals surface area contributed by atoms with Crippen molar-refractivity contribution in [1.29, 1.82) is 0 Å². The van der Waals surface area contributed by atoms with E-state index in [1.165, 1.54) is 0 Å². The number of sulfonamides is 1. The summed E-state index contributed by atoms with van der Waals surface area (Å²) in [6.07, 6.45) is 2.15. The number of nitrogens with zero attached hydrogens (tertiary/aromatic N) is 1. The number of hydrogen-bond donors (Lipinski definition) is 0. The summed E-state index contributed by atoms with van der Waals surface area (Å²) in [5.41, 5.74) is -1.99. The first-order valence-corrected chi connectivity index (χ1v) is 12.8. The van der Waals surface area contributed by atoms with E-state index >= 15 is 0 Å². The second kappa shape index (κ2) is 10.3. The van der Waals surface area contributed by atoms with E-state index in [1.54, 1.807) is 28.6 Å². The molecule has 0 aliphatic carbocycles. The molecule has 0 fully saturated rings. The fraction of sp³-hybridized carbons (Fsp3) is 0.760. The largest absolute Gasteiger partial charge is 0.376 e. The van der Waals surface area contributed by atoms with Gasteiger partial charge < -0.3 is 9.47 Å². The van der Waals surface area contributed by atoms with Crippen LogP contribution in [0.4, 0.5) is 0 Å². The van der Waals surface area contributed by atoms with Crippen LogP contribution < -0.4 is 0 Å². The lowest BCUT2D eigenvalue weighted by Gasteiger charge is -2.49. The molecule has 0 heterocycles. The van der Waals surface area contributed by atoms with Crippen LogP contribution in [0.25, 0.3) is 0 Å². The third-order valence-electron chi connectivity index (χ3n) is 5.93. The maximum Gasteiger partial charge on any atom is 0.244 e. The molecule has 0 bridgehead atoms. The Morgan fingerprint density at radius 1 is 0.839 bits per heavy atom. The summed E-state index contributed by atoms with van der Waals surface area (Å²) in [6, 6.07) is 8.68. The number of benzene rings is 1. The fourth-order valence-corrected chi connectivity index (χ4v) is 5.78. The van der Waals surface area contributed by atoms with Crippen molar-refractivity contribution < 1.29 is 17.9 Å². The number of ether oxygens (including phenoxy) is 2. The van der Waals surface area contributed by atoms with Crippen LogP contribution in [0.1, 0.15) is 88.5 Å². The zero-order chi connectivity index (χ0) is 24.1. The summed E-state index contributed by atoms with van der Waals surface area (Å²) < 4.78 is 41.8. The summed E-state index contributed by atoms with van der Waals surface area (Å²) in [5, 5.41) is 0. The quantitative estimate of drug-likeness (QED) is 0.386. The second-order valence-electron chi connectivity index (χ2n) is 10.9. The lowest BCUT2D eigenvalue weighted by atomic mass is 9.90. The molecule has 6 heteroatoms. The Morgan fingerprint density at radius 3 is 1.84 bits per heavy atom. The van der Waals surface area contributed by atoms with Crippen LogP contribution in [0.15, 0.2) is 35.2 Å². The summed E-state index contributed by atoms with van der Waals surface area (Å²) in [4.78, 5) is 0.299. The molecule has 0 radical (unpaired) electrons. The predicted molar refractivity (Wildman–Crippen MR) is 129 cm³/mol. The van der Waals surface area contributed by atoms with Crippen molar-refractivity contribution in [3.8, 4) is 0 Å². The highest BCUT2D eigenvalue weighted by atomic mass is 32.2. The van der Waals surface area contributed by atoms with Gasteiger partial charge in [-0.3, -0.25) is 0 Å². The molecule has 1 aromatic carbocycles. The molecular weight excluding hydrogens is 410 g/mol. The van der Waals surface area contributed by atoms with E-state index in [-0.39, 0.29) is 11.2 Å². The van der Waals surface area contributed by atoms with Gasteiger partial charge >= 0.3 is 0 Å². The van der Waals surface area contributed by atoms with Gasteiger partial charge in [-0.25, -0.2) is 8.42 Å². The molecule has 31 heavy (non-hydrogen) atoms. The molecule has 1 aromatic rings. The molecule has 1 unspecified atom stereocenters. The van der Waals surface area contributed by atoms with E-state index in [0.29, 0.717) is 31.0 Å². The molecule has 0 aromatic heterocycles. The third-order valence-corrected chi connectivity index (χ3v) is 8.21. The fourth-order valence-electron chi connectivity index (χ4n) is 3.57. The van der Waals surface area contributed by atoms with Gasteiger partial charge in [0.25, 0.3) is 0 Å². The summed E-state index contributed by atoms with van der Waals surface area (Å²) in [6.45, 7) is 20.9. The molecular formula is C25H45NO4S. The average molecular weight is 456 g/mol. The molecule has 180 valence electrons. The van der Waals surface area contributed by atoms with Gasteiger partial charge in [-0.05, 0) is 86.8 Å². The first-order valence-electron chi connectivity index (χ1n) is 11.4. The lowest BCUT2D eigenvalue weighted by molar-refractivity contribution is -0.0729. The third kappa shape index (κ3) is 7.85. The van der Waals surface area contributed by atoms with E-state index in [9.17, 15) is 8.42 Å². The zero-order valence-corrected chi connectivity index (χ0v) is 22.2. The normalized spacial score (nSPS) is 15.8. The molecule has 0 aliphatic rings. The van der Waals surface area contributed by atoms with Gasteiger partial charge in [0.1, 0.15) is 0 Å². The highest BCUT2D eigenvalue weighted by molar-refractivity contribution is 7.89.